The van der Waals surface area contributed by atoms with Gasteiger partial charge < -0.3 is 14.7 Å². The number of carbonyl (C=O) groups excluding carboxylic acids is 1. The summed E-state index contributed by atoms with van der Waals surface area (Å²) in [6.07, 6.45) is 1.96. The lowest BCUT2D eigenvalue weighted by Crippen LogP contribution is -2.27. The van der Waals surface area contributed by atoms with Crippen molar-refractivity contribution in [2.45, 2.75) is 32.5 Å². The molecule has 11 aromatic carbocycles. The number of aliphatic hydroxyl groups is 1. The van der Waals surface area contributed by atoms with Crippen molar-refractivity contribution in [1.82, 2.24) is 0 Å². The Hall–Kier alpha value is -6.17. The van der Waals surface area contributed by atoms with E-state index in [1.807, 2.05) is 6.07 Å². The highest BCUT2D eigenvalue weighted by Gasteiger charge is 2.16. The number of nitrogens with zero attached hydrogens (tertiary/aromatic N) is 1. The van der Waals surface area contributed by atoms with Crippen molar-refractivity contribution in [3.05, 3.63) is 174 Å². The average molecular weight is 851 g/mol. The number of ether oxygens (including phenoxy) is 1. The molecule has 4 nitrogen and oxygen atoms in total. The van der Waals surface area contributed by atoms with Crippen LogP contribution in [0.3, 0.4) is 0 Å². The number of aliphatic hydroxyl groups excluding tert-OH is 1. The molecule has 0 fully saturated rings. The fraction of sp³-hybridized carbons (Fsp3) is 0.161. The normalized spacial score (nSPS) is 11.8. The van der Waals surface area contributed by atoms with E-state index in [1.165, 1.54) is 81.0 Å². The number of hydrogen-bond acceptors (Lipinski definition) is 4. The van der Waals surface area contributed by atoms with E-state index in [2.05, 4.69) is 157 Å². The van der Waals surface area contributed by atoms with Gasteiger partial charge in [0.25, 0.3) is 0 Å². The number of esters is 1. The molecule has 62 heavy (non-hydrogen) atoms. The van der Waals surface area contributed by atoms with Crippen molar-refractivity contribution >= 4 is 121 Å². The highest BCUT2D eigenvalue weighted by Crippen LogP contribution is 2.42. The fourth-order valence-electron chi connectivity index (χ4n) is 9.79. The number of rotatable bonds is 12. The third kappa shape index (κ3) is 7.16. The Labute approximate surface area is 370 Å². The molecule has 0 atom stereocenters. The number of fused-ring (bicyclic) bond motifs is 4. The SMILES string of the molecule is O=C(CCCc1ccc(N(CCCl)CCCl)cc1)OCc1ccc2c3cccc4cccc(c5cccc1c52)c43.OCc1ccc2c3cccc4cccc(c5cccc1c52)c43. The van der Waals surface area contributed by atoms with Gasteiger partial charge in [-0.1, -0.05) is 146 Å². The molecule has 0 saturated carbocycles. The van der Waals surface area contributed by atoms with E-state index < -0.39 is 0 Å². The largest absolute Gasteiger partial charge is 0.461 e. The first-order valence-electron chi connectivity index (χ1n) is 21.4. The molecule has 0 saturated heterocycles. The van der Waals surface area contributed by atoms with Crippen LogP contribution in [0.15, 0.2) is 158 Å². The molecule has 0 aromatic heterocycles. The van der Waals surface area contributed by atoms with Crippen molar-refractivity contribution in [2.75, 3.05) is 29.7 Å². The van der Waals surface area contributed by atoms with Crippen LogP contribution in [0.5, 0.6) is 0 Å². The molecule has 6 heteroatoms. The molecular weight excluding hydrogens is 806 g/mol. The lowest BCUT2D eigenvalue weighted by atomic mass is 9.88. The lowest BCUT2D eigenvalue weighted by Gasteiger charge is -2.23. The minimum atomic E-state index is -0.164. The standard InChI is InChI=1S/C35H31Cl2NO2.C21H14O/c36-19-21-38(22-20-37)27-16-13-24(14-17-27)5-1-12-33(39)40-23-26-15-18-32-30-10-3-7-25-6-2-9-29(34(25)30)31-11-4-8-28(26)35(31)32;22-12-14-10-11-19-17-8-2-5-13-4-1-7-16(20(13)17)18-9-3-6-15(14)21(18)19/h2-4,6-11,13-18H,1,5,12,19-23H2;1-11,22H,12H2. The minimum Gasteiger partial charge on any atom is -0.461 e. The quantitative estimate of drug-likeness (QED) is 0.0576. The Balaban J connectivity index is 0.000000174. The molecule has 1 N–H and O–H groups in total. The van der Waals surface area contributed by atoms with Gasteiger partial charge in [0, 0.05) is 37.0 Å². The van der Waals surface area contributed by atoms with Crippen LogP contribution in [0.2, 0.25) is 0 Å². The number of carbonyl (C=O) groups is 1. The van der Waals surface area contributed by atoms with E-state index >= 15 is 0 Å². The molecule has 11 rings (SSSR count). The molecule has 0 spiro atoms. The van der Waals surface area contributed by atoms with Gasteiger partial charge in [-0.25, -0.2) is 0 Å². The summed E-state index contributed by atoms with van der Waals surface area (Å²) in [5.74, 6) is 0.959. The second kappa shape index (κ2) is 17.3. The number of benzene rings is 11. The first-order chi connectivity index (χ1) is 30.6. The van der Waals surface area contributed by atoms with E-state index in [0.717, 1.165) is 53.5 Å². The molecule has 11 aromatic rings. The van der Waals surface area contributed by atoms with Crippen LogP contribution in [0.25, 0.3) is 86.2 Å². The second-order valence-corrected chi connectivity index (χ2v) is 16.9. The Bertz CT molecular complexity index is 3270. The smallest absolute Gasteiger partial charge is 0.306 e. The van der Waals surface area contributed by atoms with Crippen LogP contribution in [0, 0.1) is 0 Å². The van der Waals surface area contributed by atoms with Gasteiger partial charge in [0.05, 0.1) is 6.61 Å². The van der Waals surface area contributed by atoms with Gasteiger partial charge in [-0.05, 0) is 128 Å². The molecule has 306 valence electrons. The summed E-state index contributed by atoms with van der Waals surface area (Å²) in [5, 5.41) is 29.8. The Kier molecular flexibility index (Phi) is 11.1. The zero-order valence-electron chi connectivity index (χ0n) is 34.3. The lowest BCUT2D eigenvalue weighted by molar-refractivity contribution is -0.145. The second-order valence-electron chi connectivity index (χ2n) is 16.1. The summed E-state index contributed by atoms with van der Waals surface area (Å²) < 4.78 is 5.77. The zero-order chi connectivity index (χ0) is 42.2. The molecule has 0 bridgehead atoms. The number of aryl methyl sites for hydroxylation is 1. The summed E-state index contributed by atoms with van der Waals surface area (Å²) >= 11 is 11.9. The van der Waals surface area contributed by atoms with Crippen molar-refractivity contribution in [1.29, 1.82) is 0 Å². The summed E-state index contributed by atoms with van der Waals surface area (Å²) in [6, 6.07) is 55.8. The molecule has 0 unspecified atom stereocenters. The summed E-state index contributed by atoms with van der Waals surface area (Å²) in [4.78, 5) is 14.9. The topological polar surface area (TPSA) is 49.8 Å². The first kappa shape index (κ1) is 39.9. The average Bonchev–Trinajstić information content (AvgIpc) is 3.32. The predicted molar refractivity (Wildman–Crippen MR) is 264 cm³/mol. The van der Waals surface area contributed by atoms with Crippen LogP contribution in [-0.4, -0.2) is 35.9 Å². The molecule has 0 aliphatic heterocycles. The van der Waals surface area contributed by atoms with Crippen molar-refractivity contribution < 1.29 is 14.6 Å². The van der Waals surface area contributed by atoms with Crippen molar-refractivity contribution in [3.63, 3.8) is 0 Å². The third-order valence-electron chi connectivity index (χ3n) is 12.6. The zero-order valence-corrected chi connectivity index (χ0v) is 35.9. The van der Waals surface area contributed by atoms with Crippen LogP contribution in [0.1, 0.15) is 29.5 Å². The van der Waals surface area contributed by atoms with E-state index in [9.17, 15) is 9.90 Å². The maximum atomic E-state index is 12.7. The Morgan fingerprint density at radius 2 is 0.903 bits per heavy atom. The van der Waals surface area contributed by atoms with E-state index in [0.29, 0.717) is 18.2 Å². The molecule has 0 aliphatic rings. The van der Waals surface area contributed by atoms with Crippen LogP contribution in [0.4, 0.5) is 5.69 Å². The van der Waals surface area contributed by atoms with Crippen molar-refractivity contribution in [2.24, 2.45) is 0 Å². The van der Waals surface area contributed by atoms with Gasteiger partial charge in [0.15, 0.2) is 0 Å². The number of hydrogen-bond donors (Lipinski definition) is 1. The third-order valence-corrected chi connectivity index (χ3v) is 13.0. The predicted octanol–water partition coefficient (Wildman–Crippen LogP) is 14.3. The molecule has 0 amide bonds. The Morgan fingerprint density at radius 3 is 1.39 bits per heavy atom. The van der Waals surface area contributed by atoms with Gasteiger partial charge in [-0.3, -0.25) is 4.79 Å². The van der Waals surface area contributed by atoms with Gasteiger partial charge in [0.2, 0.25) is 0 Å². The maximum Gasteiger partial charge on any atom is 0.306 e. The molecule has 0 aliphatic carbocycles. The van der Waals surface area contributed by atoms with E-state index in [4.69, 9.17) is 27.9 Å². The van der Waals surface area contributed by atoms with E-state index in [1.54, 1.807) is 0 Å². The van der Waals surface area contributed by atoms with Crippen LogP contribution in [-0.2, 0) is 29.2 Å². The van der Waals surface area contributed by atoms with Crippen LogP contribution >= 0.6 is 23.2 Å². The van der Waals surface area contributed by atoms with E-state index in [-0.39, 0.29) is 19.2 Å². The molecular formula is C56H45Cl2NO3. The first-order valence-corrected chi connectivity index (χ1v) is 22.5. The number of alkyl halides is 2. The summed E-state index contributed by atoms with van der Waals surface area (Å²) in [5.41, 5.74) is 4.35. The summed E-state index contributed by atoms with van der Waals surface area (Å²) in [6.45, 7) is 1.88. The molecule has 0 heterocycles. The number of halogens is 2. The maximum absolute atomic E-state index is 12.7. The van der Waals surface area contributed by atoms with Gasteiger partial charge in [-0.15, -0.1) is 23.2 Å². The fourth-order valence-corrected chi connectivity index (χ4v) is 10.2. The van der Waals surface area contributed by atoms with Gasteiger partial charge in [0.1, 0.15) is 6.61 Å². The van der Waals surface area contributed by atoms with Crippen molar-refractivity contribution in [3.8, 4) is 0 Å². The highest BCUT2D eigenvalue weighted by molar-refractivity contribution is 6.34. The Morgan fingerprint density at radius 1 is 0.484 bits per heavy atom. The monoisotopic (exact) mass is 849 g/mol. The molecule has 0 radical (unpaired) electrons. The van der Waals surface area contributed by atoms with Gasteiger partial charge in [-0.2, -0.15) is 0 Å². The minimum absolute atomic E-state index is 0.0755. The van der Waals surface area contributed by atoms with Gasteiger partial charge >= 0.3 is 5.97 Å². The highest BCUT2D eigenvalue weighted by atomic mass is 35.5. The summed E-state index contributed by atoms with van der Waals surface area (Å²) in [7, 11) is 0. The number of anilines is 1. The van der Waals surface area contributed by atoms with Crippen LogP contribution < -0.4 is 4.90 Å².